The summed E-state index contributed by atoms with van der Waals surface area (Å²) in [5.74, 6) is 0. The van der Waals surface area contributed by atoms with E-state index in [1.54, 1.807) is 0 Å². The minimum Gasteiger partial charge on any atom is -0.399 e. The van der Waals surface area contributed by atoms with Gasteiger partial charge < -0.3 is 10.5 Å². The molecule has 2 fully saturated rings. The molecule has 0 saturated carbocycles. The number of nitrogen functional groups attached to an aromatic ring is 1. The van der Waals surface area contributed by atoms with E-state index in [1.807, 2.05) is 12.1 Å². The smallest absolute Gasteiger partial charge is 0.0480 e. The molecule has 2 saturated heterocycles. The molecule has 4 heteroatoms. The normalized spacial score (nSPS) is 23.0. The SMILES string of the molecule is Nc1cccc(CN2CCN(C3CCOCC3)CC2)c1. The van der Waals surface area contributed by atoms with Gasteiger partial charge in [0.2, 0.25) is 0 Å². The van der Waals surface area contributed by atoms with Crippen LogP contribution in [-0.2, 0) is 11.3 Å². The van der Waals surface area contributed by atoms with Crippen LogP contribution in [0.15, 0.2) is 24.3 Å². The molecule has 0 aromatic heterocycles. The Balaban J connectivity index is 1.48. The van der Waals surface area contributed by atoms with E-state index in [2.05, 4.69) is 21.9 Å². The van der Waals surface area contributed by atoms with Crippen molar-refractivity contribution in [3.05, 3.63) is 29.8 Å². The first kappa shape index (κ1) is 13.9. The van der Waals surface area contributed by atoms with Crippen molar-refractivity contribution in [1.82, 2.24) is 9.80 Å². The Hall–Kier alpha value is -1.10. The summed E-state index contributed by atoms with van der Waals surface area (Å²) in [5.41, 5.74) is 8.03. The lowest BCUT2D eigenvalue weighted by Crippen LogP contribution is -2.51. The number of rotatable bonds is 3. The van der Waals surface area contributed by atoms with Crippen LogP contribution >= 0.6 is 0 Å². The molecule has 2 heterocycles. The van der Waals surface area contributed by atoms with Gasteiger partial charge in [-0.2, -0.15) is 0 Å². The van der Waals surface area contributed by atoms with Crippen molar-refractivity contribution >= 4 is 5.69 Å². The minimum atomic E-state index is 0.748. The lowest BCUT2D eigenvalue weighted by molar-refractivity contribution is 0.0126. The van der Waals surface area contributed by atoms with Crippen LogP contribution in [0, 0.1) is 0 Å². The lowest BCUT2D eigenvalue weighted by Gasteiger charge is -2.40. The van der Waals surface area contributed by atoms with E-state index in [1.165, 1.54) is 31.5 Å². The predicted octanol–water partition coefficient (Wildman–Crippen LogP) is 1.57. The topological polar surface area (TPSA) is 41.7 Å². The van der Waals surface area contributed by atoms with Crippen LogP contribution in [0.3, 0.4) is 0 Å². The van der Waals surface area contributed by atoms with Crippen molar-refractivity contribution in [3.63, 3.8) is 0 Å². The number of hydrogen-bond acceptors (Lipinski definition) is 4. The highest BCUT2D eigenvalue weighted by atomic mass is 16.5. The average Bonchev–Trinajstić information content (AvgIpc) is 2.49. The molecule has 0 amide bonds. The van der Waals surface area contributed by atoms with Crippen LogP contribution in [0.4, 0.5) is 5.69 Å². The van der Waals surface area contributed by atoms with Crippen LogP contribution < -0.4 is 5.73 Å². The highest BCUT2D eigenvalue weighted by Crippen LogP contribution is 2.18. The average molecular weight is 275 g/mol. The van der Waals surface area contributed by atoms with Gasteiger partial charge >= 0.3 is 0 Å². The number of anilines is 1. The number of hydrogen-bond donors (Lipinski definition) is 1. The summed E-state index contributed by atoms with van der Waals surface area (Å²) in [4.78, 5) is 5.18. The number of nitrogens with two attached hydrogens (primary N) is 1. The van der Waals surface area contributed by atoms with Crippen molar-refractivity contribution in [3.8, 4) is 0 Å². The maximum absolute atomic E-state index is 5.84. The summed E-state index contributed by atoms with van der Waals surface area (Å²) in [7, 11) is 0. The molecule has 1 aromatic carbocycles. The molecule has 4 nitrogen and oxygen atoms in total. The maximum Gasteiger partial charge on any atom is 0.0480 e. The van der Waals surface area contributed by atoms with E-state index in [-0.39, 0.29) is 0 Å². The van der Waals surface area contributed by atoms with E-state index in [0.29, 0.717) is 0 Å². The fourth-order valence-corrected chi connectivity index (χ4v) is 3.29. The highest BCUT2D eigenvalue weighted by molar-refractivity contribution is 5.40. The Morgan fingerprint density at radius 1 is 1.10 bits per heavy atom. The quantitative estimate of drug-likeness (QED) is 0.850. The Morgan fingerprint density at radius 3 is 2.55 bits per heavy atom. The molecule has 0 spiro atoms. The second kappa shape index (κ2) is 6.57. The van der Waals surface area contributed by atoms with Gasteiger partial charge in [-0.25, -0.2) is 0 Å². The van der Waals surface area contributed by atoms with Crippen LogP contribution in [0.5, 0.6) is 0 Å². The second-order valence-corrected chi connectivity index (χ2v) is 5.90. The van der Waals surface area contributed by atoms with Crippen molar-refractivity contribution in [2.45, 2.75) is 25.4 Å². The molecule has 2 N–H and O–H groups in total. The molecular formula is C16H25N3O. The fraction of sp³-hybridized carbons (Fsp3) is 0.625. The van der Waals surface area contributed by atoms with Gasteiger partial charge in [-0.15, -0.1) is 0 Å². The Morgan fingerprint density at radius 2 is 1.85 bits per heavy atom. The molecule has 0 aliphatic carbocycles. The van der Waals surface area contributed by atoms with Gasteiger partial charge in [0, 0.05) is 57.7 Å². The van der Waals surface area contributed by atoms with Gasteiger partial charge in [-0.05, 0) is 30.5 Å². The first-order valence-corrected chi connectivity index (χ1v) is 7.70. The molecule has 0 atom stereocenters. The van der Waals surface area contributed by atoms with Gasteiger partial charge in [-0.1, -0.05) is 12.1 Å². The Kier molecular flexibility index (Phi) is 4.55. The van der Waals surface area contributed by atoms with E-state index >= 15 is 0 Å². The molecule has 3 rings (SSSR count). The number of piperazine rings is 1. The molecule has 0 unspecified atom stereocenters. The van der Waals surface area contributed by atoms with Crippen molar-refractivity contribution in [1.29, 1.82) is 0 Å². The van der Waals surface area contributed by atoms with E-state index in [9.17, 15) is 0 Å². The minimum absolute atomic E-state index is 0.748. The zero-order chi connectivity index (χ0) is 13.8. The summed E-state index contributed by atoms with van der Waals surface area (Å²) >= 11 is 0. The molecular weight excluding hydrogens is 250 g/mol. The summed E-state index contributed by atoms with van der Waals surface area (Å²) in [6.07, 6.45) is 2.41. The van der Waals surface area contributed by atoms with E-state index in [0.717, 1.165) is 44.6 Å². The fourth-order valence-electron chi connectivity index (χ4n) is 3.29. The van der Waals surface area contributed by atoms with Crippen LogP contribution in [0.1, 0.15) is 18.4 Å². The first-order valence-electron chi connectivity index (χ1n) is 7.70. The third-order valence-electron chi connectivity index (χ3n) is 4.47. The van der Waals surface area contributed by atoms with Gasteiger partial charge in [-0.3, -0.25) is 9.80 Å². The molecule has 0 bridgehead atoms. The van der Waals surface area contributed by atoms with E-state index < -0.39 is 0 Å². The molecule has 1 aromatic rings. The van der Waals surface area contributed by atoms with Gasteiger partial charge in [0.25, 0.3) is 0 Å². The number of ether oxygens (including phenoxy) is 1. The lowest BCUT2D eigenvalue weighted by atomic mass is 10.1. The van der Waals surface area contributed by atoms with Gasteiger partial charge in [0.1, 0.15) is 0 Å². The van der Waals surface area contributed by atoms with E-state index in [4.69, 9.17) is 10.5 Å². The van der Waals surface area contributed by atoms with Crippen LogP contribution in [0.25, 0.3) is 0 Å². The van der Waals surface area contributed by atoms with Crippen LogP contribution in [-0.4, -0.2) is 55.2 Å². The first-order chi connectivity index (χ1) is 9.81. The summed E-state index contributed by atoms with van der Waals surface area (Å²) < 4.78 is 5.45. The standard InChI is InChI=1S/C16H25N3O/c17-15-3-1-2-14(12-15)13-18-6-8-19(9-7-18)16-4-10-20-11-5-16/h1-3,12,16H,4-11,13,17H2. The van der Waals surface area contributed by atoms with Gasteiger partial charge in [0.15, 0.2) is 0 Å². The van der Waals surface area contributed by atoms with Crippen molar-refractivity contribution in [2.75, 3.05) is 45.1 Å². The van der Waals surface area contributed by atoms with Crippen molar-refractivity contribution in [2.24, 2.45) is 0 Å². The van der Waals surface area contributed by atoms with Gasteiger partial charge in [0.05, 0.1) is 0 Å². The molecule has 2 aliphatic rings. The number of benzene rings is 1. The summed E-state index contributed by atoms with van der Waals surface area (Å²) in [6.45, 7) is 7.59. The monoisotopic (exact) mass is 275 g/mol. The second-order valence-electron chi connectivity index (χ2n) is 5.90. The summed E-state index contributed by atoms with van der Waals surface area (Å²) in [6, 6.07) is 9.00. The number of nitrogens with zero attached hydrogens (tertiary/aromatic N) is 2. The van der Waals surface area contributed by atoms with Crippen molar-refractivity contribution < 1.29 is 4.74 Å². The largest absolute Gasteiger partial charge is 0.399 e. The molecule has 20 heavy (non-hydrogen) atoms. The zero-order valence-electron chi connectivity index (χ0n) is 12.1. The molecule has 110 valence electrons. The Bertz CT molecular complexity index is 423. The molecule has 0 radical (unpaired) electrons. The molecule has 2 aliphatic heterocycles. The van der Waals surface area contributed by atoms with Crippen LogP contribution in [0.2, 0.25) is 0 Å². The predicted molar refractivity (Wildman–Crippen MR) is 81.5 cm³/mol. The Labute approximate surface area is 121 Å². The third-order valence-corrected chi connectivity index (χ3v) is 4.47. The summed E-state index contributed by atoms with van der Waals surface area (Å²) in [5, 5.41) is 0. The highest BCUT2D eigenvalue weighted by Gasteiger charge is 2.25. The maximum atomic E-state index is 5.84. The zero-order valence-corrected chi connectivity index (χ0v) is 12.1. The third kappa shape index (κ3) is 3.51.